The zero-order chi connectivity index (χ0) is 23.8. The third-order valence-electron chi connectivity index (χ3n) is 7.69. The third kappa shape index (κ3) is 4.92. The fraction of sp³-hybridized carbons (Fsp3) is 0.667. The summed E-state index contributed by atoms with van der Waals surface area (Å²) >= 11 is 0. The molecule has 1 unspecified atom stereocenters. The average Bonchev–Trinajstić information content (AvgIpc) is 2.76. The van der Waals surface area contributed by atoms with Gasteiger partial charge in [-0.1, -0.05) is 11.6 Å². The summed E-state index contributed by atoms with van der Waals surface area (Å²) in [5, 5.41) is 11.1. The smallest absolute Gasteiger partial charge is 0.315 e. The van der Waals surface area contributed by atoms with Crippen molar-refractivity contribution in [1.82, 2.24) is 4.90 Å². The Hall–Kier alpha value is -2.05. The summed E-state index contributed by atoms with van der Waals surface area (Å²) < 4.78 is 17.5. The van der Waals surface area contributed by atoms with Crippen molar-refractivity contribution < 1.29 is 24.1 Å². The molecule has 2 atom stereocenters. The van der Waals surface area contributed by atoms with E-state index < -0.39 is 5.41 Å². The Kier molecular flexibility index (Phi) is 6.79. The largest absolute Gasteiger partial charge is 0.508 e. The van der Waals surface area contributed by atoms with E-state index in [1.807, 2.05) is 19.9 Å². The van der Waals surface area contributed by atoms with Gasteiger partial charge in [-0.2, -0.15) is 0 Å². The first kappa shape index (κ1) is 24.1. The number of hydrogen-bond acceptors (Lipinski definition) is 6. The number of nitrogens with zero attached hydrogens (tertiary/aromatic N) is 1. The first-order chi connectivity index (χ1) is 15.6. The van der Waals surface area contributed by atoms with Crippen LogP contribution >= 0.6 is 0 Å². The predicted molar refractivity (Wildman–Crippen MR) is 128 cm³/mol. The standard InChI is InChI=1S/C27H39NO5/c1-18-7-8-21-20(15-18)24-22(29)16-19(17-23(24)33-27(21,4)5)26(2,3)25(30)32-12-6-9-28-10-13-31-14-11-28/h7,16-17,20-21,29H,6,8-15H2,1-5H3/t20-,21?/m1/s1. The average molecular weight is 458 g/mol. The molecule has 2 heterocycles. The second-order valence-electron chi connectivity index (χ2n) is 10.9. The van der Waals surface area contributed by atoms with Crippen LogP contribution in [-0.2, 0) is 19.7 Å². The van der Waals surface area contributed by atoms with Crippen molar-refractivity contribution in [3.05, 3.63) is 34.9 Å². The zero-order valence-corrected chi connectivity index (χ0v) is 20.8. The lowest BCUT2D eigenvalue weighted by Crippen LogP contribution is -2.45. The molecule has 1 aromatic rings. The number of esters is 1. The molecule has 1 aromatic carbocycles. The normalized spacial score (nSPS) is 24.8. The SMILES string of the molecule is CC1=CCC2[C@@H](C1)c1c(O)cc(C(C)(C)C(=O)OCCCN3CCOCC3)cc1OC2(C)C. The number of rotatable bonds is 6. The predicted octanol–water partition coefficient (Wildman–Crippen LogP) is 4.55. The Labute approximate surface area is 197 Å². The van der Waals surface area contributed by atoms with Crippen molar-refractivity contribution in [1.29, 1.82) is 0 Å². The molecule has 0 saturated carbocycles. The Balaban J connectivity index is 1.48. The maximum absolute atomic E-state index is 13.0. The van der Waals surface area contributed by atoms with E-state index in [0.29, 0.717) is 23.8 Å². The van der Waals surface area contributed by atoms with Crippen LogP contribution in [0.3, 0.4) is 0 Å². The summed E-state index contributed by atoms with van der Waals surface area (Å²) in [6, 6.07) is 3.68. The van der Waals surface area contributed by atoms with E-state index >= 15 is 0 Å². The molecule has 0 bridgehead atoms. The van der Waals surface area contributed by atoms with Crippen molar-refractivity contribution in [2.75, 3.05) is 39.5 Å². The van der Waals surface area contributed by atoms with Gasteiger partial charge in [0.05, 0.1) is 25.2 Å². The van der Waals surface area contributed by atoms with Crippen LogP contribution in [-0.4, -0.2) is 61.0 Å². The van der Waals surface area contributed by atoms with E-state index in [1.165, 1.54) is 5.57 Å². The topological polar surface area (TPSA) is 68.2 Å². The van der Waals surface area contributed by atoms with E-state index in [1.54, 1.807) is 6.07 Å². The molecule has 6 nitrogen and oxygen atoms in total. The van der Waals surface area contributed by atoms with Gasteiger partial charge >= 0.3 is 5.97 Å². The van der Waals surface area contributed by atoms with Gasteiger partial charge in [0, 0.05) is 37.0 Å². The van der Waals surface area contributed by atoms with Gasteiger partial charge in [0.15, 0.2) is 0 Å². The van der Waals surface area contributed by atoms with E-state index in [2.05, 4.69) is 31.7 Å². The Bertz CT molecular complexity index is 913. The van der Waals surface area contributed by atoms with Crippen molar-refractivity contribution in [2.24, 2.45) is 5.92 Å². The van der Waals surface area contributed by atoms with Gasteiger partial charge in [-0.25, -0.2) is 0 Å². The van der Waals surface area contributed by atoms with Crippen molar-refractivity contribution in [3.8, 4) is 11.5 Å². The van der Waals surface area contributed by atoms with Crippen LogP contribution in [0.4, 0.5) is 0 Å². The molecule has 0 spiro atoms. The monoisotopic (exact) mass is 457 g/mol. The fourth-order valence-corrected chi connectivity index (χ4v) is 5.50. The van der Waals surface area contributed by atoms with E-state index in [-0.39, 0.29) is 23.2 Å². The second kappa shape index (κ2) is 9.30. The van der Waals surface area contributed by atoms with E-state index in [0.717, 1.165) is 57.7 Å². The highest BCUT2D eigenvalue weighted by molar-refractivity contribution is 5.82. The summed E-state index contributed by atoms with van der Waals surface area (Å²) in [4.78, 5) is 15.3. The minimum Gasteiger partial charge on any atom is -0.508 e. The molecule has 2 aliphatic heterocycles. The van der Waals surface area contributed by atoms with Gasteiger partial charge in [-0.15, -0.1) is 0 Å². The van der Waals surface area contributed by atoms with E-state index in [9.17, 15) is 9.90 Å². The Morgan fingerprint density at radius 2 is 2.00 bits per heavy atom. The highest BCUT2D eigenvalue weighted by Gasteiger charge is 2.46. The number of allylic oxidation sites excluding steroid dienone is 2. The second-order valence-corrected chi connectivity index (χ2v) is 10.9. The molecular formula is C27H39NO5. The van der Waals surface area contributed by atoms with Gasteiger partial charge in [0.2, 0.25) is 0 Å². The number of aromatic hydroxyl groups is 1. The molecule has 1 N–H and O–H groups in total. The minimum atomic E-state index is -0.891. The van der Waals surface area contributed by atoms with Gasteiger partial charge in [-0.05, 0) is 71.6 Å². The van der Waals surface area contributed by atoms with Crippen molar-refractivity contribution in [2.45, 2.75) is 70.8 Å². The van der Waals surface area contributed by atoms with Crippen LogP contribution in [0.1, 0.15) is 70.9 Å². The number of benzene rings is 1. The van der Waals surface area contributed by atoms with Crippen LogP contribution in [0.15, 0.2) is 23.8 Å². The van der Waals surface area contributed by atoms with Crippen molar-refractivity contribution in [3.63, 3.8) is 0 Å². The van der Waals surface area contributed by atoms with E-state index in [4.69, 9.17) is 14.2 Å². The van der Waals surface area contributed by atoms with Gasteiger partial charge in [-0.3, -0.25) is 9.69 Å². The first-order valence-corrected chi connectivity index (χ1v) is 12.3. The highest BCUT2D eigenvalue weighted by atomic mass is 16.5. The zero-order valence-electron chi connectivity index (χ0n) is 20.8. The lowest BCUT2D eigenvalue weighted by atomic mass is 9.67. The number of carbonyl (C=O) groups excluding carboxylic acids is 1. The number of ether oxygens (including phenoxy) is 3. The van der Waals surface area contributed by atoms with Crippen LogP contribution in [0.5, 0.6) is 11.5 Å². The van der Waals surface area contributed by atoms with Gasteiger partial charge in [0.25, 0.3) is 0 Å². The van der Waals surface area contributed by atoms with Gasteiger partial charge < -0.3 is 19.3 Å². The molecule has 33 heavy (non-hydrogen) atoms. The summed E-state index contributed by atoms with van der Waals surface area (Å²) in [6.07, 6.45) is 4.96. The number of phenolic OH excluding ortho intramolecular Hbond substituents is 1. The maximum Gasteiger partial charge on any atom is 0.315 e. The number of fused-ring (bicyclic) bond motifs is 3. The first-order valence-electron chi connectivity index (χ1n) is 12.3. The summed E-state index contributed by atoms with van der Waals surface area (Å²) in [5.74, 6) is 1.16. The van der Waals surface area contributed by atoms with Gasteiger partial charge in [0.1, 0.15) is 17.1 Å². The van der Waals surface area contributed by atoms with Crippen molar-refractivity contribution >= 4 is 5.97 Å². The van der Waals surface area contributed by atoms with Crippen LogP contribution in [0.2, 0.25) is 0 Å². The highest BCUT2D eigenvalue weighted by Crippen LogP contribution is 2.54. The number of morpholine rings is 1. The molecular weight excluding hydrogens is 418 g/mol. The summed E-state index contributed by atoms with van der Waals surface area (Å²) in [7, 11) is 0. The molecule has 3 aliphatic rings. The number of carbonyl (C=O) groups is 1. The Morgan fingerprint density at radius 1 is 1.27 bits per heavy atom. The lowest BCUT2D eigenvalue weighted by Gasteiger charge is -2.47. The quantitative estimate of drug-likeness (QED) is 0.384. The molecule has 182 valence electrons. The molecule has 1 aliphatic carbocycles. The molecule has 0 aromatic heterocycles. The molecule has 6 heteroatoms. The molecule has 0 amide bonds. The number of phenols is 1. The number of hydrogen-bond donors (Lipinski definition) is 1. The molecule has 1 saturated heterocycles. The maximum atomic E-state index is 13.0. The van der Waals surface area contributed by atoms with Crippen LogP contribution < -0.4 is 4.74 Å². The lowest BCUT2D eigenvalue weighted by molar-refractivity contribution is -0.149. The summed E-state index contributed by atoms with van der Waals surface area (Å²) in [6.45, 7) is 14.8. The van der Waals surface area contributed by atoms with Crippen LogP contribution in [0, 0.1) is 5.92 Å². The van der Waals surface area contributed by atoms with Crippen LogP contribution in [0.25, 0.3) is 0 Å². The Morgan fingerprint density at radius 3 is 2.73 bits per heavy atom. The summed E-state index contributed by atoms with van der Waals surface area (Å²) in [5.41, 5.74) is 1.71. The molecule has 4 rings (SSSR count). The minimum absolute atomic E-state index is 0.218. The third-order valence-corrected chi connectivity index (χ3v) is 7.69. The fourth-order valence-electron chi connectivity index (χ4n) is 5.50. The molecule has 1 fully saturated rings. The molecule has 0 radical (unpaired) electrons.